The Morgan fingerprint density at radius 1 is 0.839 bits per heavy atom. The van der Waals surface area contributed by atoms with Gasteiger partial charge in [-0.3, -0.25) is 29.4 Å². The van der Waals surface area contributed by atoms with Gasteiger partial charge in [-0.15, -0.1) is 0 Å². The average Bonchev–Trinajstić information content (AvgIpc) is 3.19. The fraction of sp³-hybridized carbons (Fsp3) is 0.474. The van der Waals surface area contributed by atoms with Crippen LogP contribution in [0.15, 0.2) is 31.9 Å². The lowest BCUT2D eigenvalue weighted by atomic mass is 10.3. The zero-order chi connectivity index (χ0) is 23.0. The fourth-order valence-corrected chi connectivity index (χ4v) is 4.69. The molecule has 2 heterocycles. The summed E-state index contributed by atoms with van der Waals surface area (Å²) in [6.07, 6.45) is 2.74. The molecule has 0 bridgehead atoms. The van der Waals surface area contributed by atoms with Gasteiger partial charge < -0.3 is 9.47 Å². The van der Waals surface area contributed by atoms with E-state index in [-0.39, 0.29) is 21.6 Å². The number of esters is 2. The van der Waals surface area contributed by atoms with Crippen molar-refractivity contribution in [1.29, 1.82) is 0 Å². The molecule has 31 heavy (non-hydrogen) atoms. The first kappa shape index (κ1) is 24.7. The first-order valence-electron chi connectivity index (χ1n) is 9.53. The van der Waals surface area contributed by atoms with Gasteiger partial charge in [-0.25, -0.2) is 9.59 Å². The van der Waals surface area contributed by atoms with Gasteiger partial charge in [0.2, 0.25) is 0 Å². The van der Waals surface area contributed by atoms with E-state index in [0.29, 0.717) is 42.9 Å². The Bertz CT molecular complexity index is 811. The minimum absolute atomic E-state index is 0.239. The standard InChI is InChI=1S/C19H24N4O6S2/c1-5-20-18-22(16(26)12(30-18)10-14(24)28-3)8-7-9-23-17(27)13(11-15(25)29-4)31-19(23)21-6-2/h10-11H,5-9H2,1-4H3/b12-10-,13-11-,20-18?,21-19?. The number of ether oxygens (including phenoxy) is 2. The second-order valence-corrected chi connectivity index (χ2v) is 8.07. The van der Waals surface area contributed by atoms with E-state index in [4.69, 9.17) is 0 Å². The maximum absolute atomic E-state index is 12.7. The molecule has 2 rings (SSSR count). The van der Waals surface area contributed by atoms with Crippen LogP contribution in [-0.2, 0) is 28.7 Å². The Balaban J connectivity index is 2.11. The number of hydrogen-bond acceptors (Lipinski definition) is 10. The number of hydrogen-bond donors (Lipinski definition) is 0. The van der Waals surface area contributed by atoms with Crippen molar-refractivity contribution in [2.24, 2.45) is 9.98 Å². The van der Waals surface area contributed by atoms with Crippen molar-refractivity contribution < 1.29 is 28.7 Å². The molecule has 2 saturated heterocycles. The quantitative estimate of drug-likeness (QED) is 0.387. The molecule has 168 valence electrons. The van der Waals surface area contributed by atoms with E-state index in [1.54, 1.807) is 0 Å². The minimum Gasteiger partial charge on any atom is -0.466 e. The van der Waals surface area contributed by atoms with Gasteiger partial charge in [-0.1, -0.05) is 0 Å². The molecule has 0 aromatic heterocycles. The van der Waals surface area contributed by atoms with Crippen molar-refractivity contribution in [3.8, 4) is 0 Å². The molecule has 0 atom stereocenters. The first-order chi connectivity index (χ1) is 14.9. The summed E-state index contributed by atoms with van der Waals surface area (Å²) < 4.78 is 9.19. The predicted octanol–water partition coefficient (Wildman–Crippen LogP) is 1.39. The second kappa shape index (κ2) is 11.7. The molecule has 0 N–H and O–H groups in total. The van der Waals surface area contributed by atoms with Crippen LogP contribution >= 0.6 is 23.5 Å². The Morgan fingerprint density at radius 3 is 1.55 bits per heavy atom. The van der Waals surface area contributed by atoms with Gasteiger partial charge in [-0.2, -0.15) is 0 Å². The highest BCUT2D eigenvalue weighted by molar-refractivity contribution is 8.18. The fourth-order valence-electron chi connectivity index (χ4n) is 2.64. The average molecular weight is 469 g/mol. The molecule has 0 unspecified atom stereocenters. The molecule has 0 saturated carbocycles. The zero-order valence-electron chi connectivity index (χ0n) is 17.7. The summed E-state index contributed by atoms with van der Waals surface area (Å²) in [6.45, 7) is 5.25. The zero-order valence-corrected chi connectivity index (χ0v) is 19.4. The normalized spacial score (nSPS) is 21.8. The van der Waals surface area contributed by atoms with Gasteiger partial charge in [-0.05, 0) is 43.8 Å². The molecular weight excluding hydrogens is 444 g/mol. The highest BCUT2D eigenvalue weighted by Gasteiger charge is 2.36. The van der Waals surface area contributed by atoms with Crippen LogP contribution in [0.5, 0.6) is 0 Å². The van der Waals surface area contributed by atoms with Crippen LogP contribution in [-0.4, -0.2) is 84.3 Å². The topological polar surface area (TPSA) is 118 Å². The Morgan fingerprint density at radius 2 is 1.23 bits per heavy atom. The smallest absolute Gasteiger partial charge is 0.331 e. The van der Waals surface area contributed by atoms with Crippen molar-refractivity contribution >= 4 is 57.6 Å². The predicted molar refractivity (Wildman–Crippen MR) is 119 cm³/mol. The van der Waals surface area contributed by atoms with Crippen molar-refractivity contribution in [3.05, 3.63) is 22.0 Å². The van der Waals surface area contributed by atoms with E-state index in [9.17, 15) is 19.2 Å². The van der Waals surface area contributed by atoms with Crippen LogP contribution in [0.25, 0.3) is 0 Å². The van der Waals surface area contributed by atoms with Crippen LogP contribution in [0.1, 0.15) is 20.3 Å². The van der Waals surface area contributed by atoms with Gasteiger partial charge >= 0.3 is 11.9 Å². The van der Waals surface area contributed by atoms with E-state index in [1.165, 1.54) is 24.0 Å². The molecule has 12 heteroatoms. The van der Waals surface area contributed by atoms with Crippen LogP contribution in [0.3, 0.4) is 0 Å². The van der Waals surface area contributed by atoms with Crippen LogP contribution in [0.4, 0.5) is 0 Å². The maximum Gasteiger partial charge on any atom is 0.331 e. The van der Waals surface area contributed by atoms with Gasteiger partial charge in [0.1, 0.15) is 0 Å². The third kappa shape index (κ3) is 6.20. The van der Waals surface area contributed by atoms with Gasteiger partial charge in [0.05, 0.1) is 24.0 Å². The molecule has 10 nitrogen and oxygen atoms in total. The molecule has 2 fully saturated rings. The van der Waals surface area contributed by atoms with Crippen molar-refractivity contribution in [1.82, 2.24) is 9.80 Å². The number of methoxy groups -OCH3 is 2. The lowest BCUT2D eigenvalue weighted by Gasteiger charge is -2.19. The number of thioether (sulfide) groups is 2. The summed E-state index contributed by atoms with van der Waals surface area (Å²) >= 11 is 2.23. The highest BCUT2D eigenvalue weighted by atomic mass is 32.2. The van der Waals surface area contributed by atoms with E-state index in [0.717, 1.165) is 35.7 Å². The molecule has 2 aliphatic heterocycles. The second-order valence-electron chi connectivity index (χ2n) is 6.05. The summed E-state index contributed by atoms with van der Waals surface area (Å²) in [5, 5.41) is 0.997. The number of rotatable bonds is 8. The first-order valence-corrected chi connectivity index (χ1v) is 11.2. The third-order valence-electron chi connectivity index (χ3n) is 4.03. The molecule has 2 amide bonds. The Hall–Kier alpha value is -2.60. The Labute approximate surface area is 188 Å². The highest BCUT2D eigenvalue weighted by Crippen LogP contribution is 2.33. The number of carbonyl (C=O) groups is 4. The van der Waals surface area contributed by atoms with E-state index in [2.05, 4.69) is 19.5 Å². The van der Waals surface area contributed by atoms with Crippen molar-refractivity contribution in [3.63, 3.8) is 0 Å². The number of amides is 2. The maximum atomic E-state index is 12.7. The molecule has 0 spiro atoms. The van der Waals surface area contributed by atoms with Crippen LogP contribution in [0.2, 0.25) is 0 Å². The molecule has 0 aromatic rings. The largest absolute Gasteiger partial charge is 0.466 e. The summed E-state index contributed by atoms with van der Waals surface area (Å²) in [7, 11) is 2.48. The van der Waals surface area contributed by atoms with E-state index >= 15 is 0 Å². The Kier molecular flexibility index (Phi) is 9.31. The van der Waals surface area contributed by atoms with Crippen LogP contribution < -0.4 is 0 Å². The number of nitrogens with zero attached hydrogens (tertiary/aromatic N) is 4. The monoisotopic (exact) mass is 468 g/mol. The summed E-state index contributed by atoms with van der Waals surface area (Å²) in [6, 6.07) is 0. The molecule has 0 aromatic carbocycles. The van der Waals surface area contributed by atoms with Gasteiger partial charge in [0.15, 0.2) is 10.3 Å². The lowest BCUT2D eigenvalue weighted by molar-refractivity contribution is -0.135. The SMILES string of the molecule is CCN=C1S/C(=C\C(=O)OC)C(=O)N1CCCN1C(=O)/C(=C/C(=O)OC)SC1=NCC. The van der Waals surface area contributed by atoms with Crippen LogP contribution in [0, 0.1) is 0 Å². The van der Waals surface area contributed by atoms with Gasteiger partial charge in [0, 0.05) is 38.3 Å². The number of aliphatic imine (C=N–C) groups is 2. The molecule has 0 aliphatic carbocycles. The summed E-state index contributed by atoms with van der Waals surface area (Å²) in [5.41, 5.74) is 0. The lowest BCUT2D eigenvalue weighted by Crippen LogP contribution is -2.35. The van der Waals surface area contributed by atoms with Crippen molar-refractivity contribution in [2.75, 3.05) is 40.4 Å². The summed E-state index contributed by atoms with van der Waals surface area (Å²) in [5.74, 6) is -1.89. The molecule has 0 radical (unpaired) electrons. The van der Waals surface area contributed by atoms with Gasteiger partial charge in [0.25, 0.3) is 11.8 Å². The van der Waals surface area contributed by atoms with Crippen molar-refractivity contribution in [2.45, 2.75) is 20.3 Å². The molecule has 2 aliphatic rings. The summed E-state index contributed by atoms with van der Waals surface area (Å²) in [4.78, 5) is 60.5. The third-order valence-corrected chi connectivity index (χ3v) is 6.12. The molecular formula is C19H24N4O6S2. The van der Waals surface area contributed by atoms with E-state index in [1.807, 2.05) is 13.8 Å². The minimum atomic E-state index is -0.612. The number of carbonyl (C=O) groups excluding carboxylic acids is 4. The number of amidine groups is 2. The van der Waals surface area contributed by atoms with E-state index < -0.39 is 11.9 Å².